The number of nitrogens with zero attached hydrogens (tertiary/aromatic N) is 2. The summed E-state index contributed by atoms with van der Waals surface area (Å²) in [7, 11) is -5.73. The van der Waals surface area contributed by atoms with Gasteiger partial charge in [-0.05, 0) is 30.5 Å². The summed E-state index contributed by atoms with van der Waals surface area (Å²) in [4.78, 5) is 7.72. The van der Waals surface area contributed by atoms with Gasteiger partial charge in [-0.25, -0.2) is 21.8 Å². The van der Waals surface area contributed by atoms with E-state index in [0.717, 1.165) is 21.1 Å². The fraction of sp³-hybridized carbons (Fsp3) is 0.500. The molecule has 4 rings (SSSR count). The van der Waals surface area contributed by atoms with Crippen molar-refractivity contribution in [3.8, 4) is 10.4 Å². The summed E-state index contributed by atoms with van der Waals surface area (Å²) in [6.45, 7) is 1.08. The van der Waals surface area contributed by atoms with Gasteiger partial charge in [-0.1, -0.05) is 12.1 Å². The molecule has 0 amide bonds. The Morgan fingerprint density at radius 3 is 2.11 bits per heavy atom. The Bertz CT molecular complexity index is 999. The number of rotatable bonds is 3. The van der Waals surface area contributed by atoms with Crippen molar-refractivity contribution in [3.05, 3.63) is 35.5 Å². The molecule has 3 heterocycles. The van der Waals surface area contributed by atoms with Gasteiger partial charge in [0.1, 0.15) is 9.84 Å². The van der Waals surface area contributed by atoms with E-state index < -0.39 is 19.7 Å². The minimum absolute atomic E-state index is 0.212. The van der Waals surface area contributed by atoms with Crippen LogP contribution >= 0.6 is 11.3 Å². The summed E-state index contributed by atoms with van der Waals surface area (Å²) >= 11 is 1.63. The van der Waals surface area contributed by atoms with Crippen LogP contribution in [0, 0.1) is 0 Å². The Morgan fingerprint density at radius 1 is 0.889 bits per heavy atom. The summed E-state index contributed by atoms with van der Waals surface area (Å²) in [6, 6.07) is 8.14. The van der Waals surface area contributed by atoms with E-state index in [4.69, 9.17) is 0 Å². The highest BCUT2D eigenvalue weighted by Crippen LogP contribution is 2.36. The Kier molecular flexibility index (Phi) is 5.02. The number of hydrogen-bond acceptors (Lipinski definition) is 7. The first-order valence-electron chi connectivity index (χ1n) is 9.03. The fourth-order valence-corrected chi connectivity index (χ4v) is 7.34. The minimum Gasteiger partial charge on any atom is -0.369 e. The van der Waals surface area contributed by atoms with E-state index in [1.54, 1.807) is 11.3 Å². The van der Waals surface area contributed by atoms with E-state index in [0.29, 0.717) is 25.9 Å². The molecule has 0 atom stereocenters. The number of thiazole rings is 1. The van der Waals surface area contributed by atoms with Gasteiger partial charge >= 0.3 is 0 Å². The molecule has 9 heteroatoms. The first kappa shape index (κ1) is 18.9. The molecule has 0 saturated carbocycles. The number of sulfone groups is 2. The van der Waals surface area contributed by atoms with Gasteiger partial charge in [-0.3, -0.25) is 0 Å². The molecule has 2 fully saturated rings. The van der Waals surface area contributed by atoms with Crippen LogP contribution in [0.1, 0.15) is 23.8 Å². The molecule has 2 saturated heterocycles. The van der Waals surface area contributed by atoms with Gasteiger partial charge in [0.2, 0.25) is 0 Å². The molecule has 2 aromatic rings. The van der Waals surface area contributed by atoms with Crippen molar-refractivity contribution in [2.75, 3.05) is 41.0 Å². The minimum atomic E-state index is -2.88. The Morgan fingerprint density at radius 2 is 1.48 bits per heavy atom. The van der Waals surface area contributed by atoms with Crippen molar-refractivity contribution in [2.45, 2.75) is 18.8 Å². The molecular formula is C18H22N2O4S3. The highest BCUT2D eigenvalue weighted by molar-refractivity contribution is 7.91. The Balaban J connectivity index is 1.45. The largest absolute Gasteiger partial charge is 0.369 e. The summed E-state index contributed by atoms with van der Waals surface area (Å²) < 4.78 is 46.3. The van der Waals surface area contributed by atoms with Crippen molar-refractivity contribution in [2.24, 2.45) is 0 Å². The summed E-state index contributed by atoms with van der Waals surface area (Å²) in [5.74, 6) is 1.18. The molecule has 146 valence electrons. The maximum atomic E-state index is 11.6. The third-order valence-electron chi connectivity index (χ3n) is 5.29. The molecule has 0 radical (unpaired) electrons. The van der Waals surface area contributed by atoms with Crippen LogP contribution in [0.25, 0.3) is 10.4 Å². The number of aromatic nitrogens is 1. The van der Waals surface area contributed by atoms with E-state index in [1.807, 2.05) is 30.5 Å². The SMILES string of the molecule is O=S1(=O)CCC(c2ncc(-c3ccc(N4CCS(=O)(=O)CC4)cc3)s2)CC1. The van der Waals surface area contributed by atoms with Crippen LogP contribution in [0.15, 0.2) is 30.5 Å². The predicted octanol–water partition coefficient (Wildman–Crippen LogP) is 2.34. The van der Waals surface area contributed by atoms with Gasteiger partial charge in [0.25, 0.3) is 0 Å². The lowest BCUT2D eigenvalue weighted by Gasteiger charge is -2.28. The first-order valence-corrected chi connectivity index (χ1v) is 13.5. The molecule has 6 nitrogen and oxygen atoms in total. The van der Waals surface area contributed by atoms with E-state index in [2.05, 4.69) is 9.88 Å². The topological polar surface area (TPSA) is 84.4 Å². The van der Waals surface area contributed by atoms with Crippen LogP contribution < -0.4 is 4.90 Å². The van der Waals surface area contributed by atoms with Crippen molar-refractivity contribution in [3.63, 3.8) is 0 Å². The molecule has 0 N–H and O–H groups in total. The monoisotopic (exact) mass is 426 g/mol. The van der Waals surface area contributed by atoms with Gasteiger partial charge in [0.05, 0.1) is 32.9 Å². The van der Waals surface area contributed by atoms with Crippen molar-refractivity contribution < 1.29 is 16.8 Å². The lowest BCUT2D eigenvalue weighted by atomic mass is 10.0. The normalized spacial score (nSPS) is 22.6. The van der Waals surface area contributed by atoms with E-state index >= 15 is 0 Å². The van der Waals surface area contributed by atoms with Crippen molar-refractivity contribution in [1.82, 2.24) is 4.98 Å². The zero-order valence-electron chi connectivity index (χ0n) is 14.9. The van der Waals surface area contributed by atoms with Gasteiger partial charge in [0.15, 0.2) is 9.84 Å². The second-order valence-electron chi connectivity index (χ2n) is 7.17. The van der Waals surface area contributed by atoms with Crippen LogP contribution in [-0.2, 0) is 19.7 Å². The third kappa shape index (κ3) is 4.35. The molecule has 0 unspecified atom stereocenters. The maximum absolute atomic E-state index is 11.6. The van der Waals surface area contributed by atoms with Crippen LogP contribution in [0.3, 0.4) is 0 Å². The van der Waals surface area contributed by atoms with E-state index in [9.17, 15) is 16.8 Å². The smallest absolute Gasteiger partial charge is 0.153 e. The number of hydrogen-bond donors (Lipinski definition) is 0. The number of anilines is 1. The molecule has 2 aliphatic heterocycles. The van der Waals surface area contributed by atoms with E-state index in [-0.39, 0.29) is 28.9 Å². The molecular weight excluding hydrogens is 404 g/mol. The molecule has 0 bridgehead atoms. The molecule has 0 aliphatic carbocycles. The summed E-state index contributed by atoms with van der Waals surface area (Å²) in [6.07, 6.45) is 3.18. The molecule has 1 aromatic heterocycles. The standard InChI is InChI=1S/C18H22N2O4S3/c21-26(22)9-5-15(6-10-26)18-19-13-17(25-18)14-1-3-16(4-2-14)20-7-11-27(23,24)12-8-20/h1-4,13,15H,5-12H2. The average molecular weight is 427 g/mol. The van der Waals surface area contributed by atoms with Crippen LogP contribution in [0.4, 0.5) is 5.69 Å². The Labute approximate surface area is 164 Å². The van der Waals surface area contributed by atoms with E-state index in [1.165, 1.54) is 0 Å². The molecule has 27 heavy (non-hydrogen) atoms. The van der Waals surface area contributed by atoms with Crippen LogP contribution in [0.2, 0.25) is 0 Å². The molecule has 1 aromatic carbocycles. The van der Waals surface area contributed by atoms with Gasteiger partial charge in [0, 0.05) is 30.9 Å². The van der Waals surface area contributed by atoms with Crippen LogP contribution in [0.5, 0.6) is 0 Å². The Hall–Kier alpha value is -1.45. The highest BCUT2D eigenvalue weighted by atomic mass is 32.2. The lowest BCUT2D eigenvalue weighted by Crippen LogP contribution is -2.40. The fourth-order valence-electron chi connectivity index (χ4n) is 3.55. The quantitative estimate of drug-likeness (QED) is 0.749. The molecule has 0 spiro atoms. The highest BCUT2D eigenvalue weighted by Gasteiger charge is 2.27. The maximum Gasteiger partial charge on any atom is 0.153 e. The second kappa shape index (κ2) is 7.18. The lowest BCUT2D eigenvalue weighted by molar-refractivity contribution is 0.549. The zero-order valence-corrected chi connectivity index (χ0v) is 17.3. The van der Waals surface area contributed by atoms with Crippen molar-refractivity contribution in [1.29, 1.82) is 0 Å². The summed E-state index contributed by atoms with van der Waals surface area (Å²) in [5, 5.41) is 1.02. The second-order valence-corrected chi connectivity index (χ2v) is 12.8. The molecule has 2 aliphatic rings. The average Bonchev–Trinajstić information content (AvgIpc) is 3.12. The number of benzene rings is 1. The van der Waals surface area contributed by atoms with Crippen LogP contribution in [-0.4, -0.2) is 57.9 Å². The van der Waals surface area contributed by atoms with Gasteiger partial charge in [-0.15, -0.1) is 11.3 Å². The van der Waals surface area contributed by atoms with Crippen molar-refractivity contribution >= 4 is 36.7 Å². The predicted molar refractivity (Wildman–Crippen MR) is 109 cm³/mol. The van der Waals surface area contributed by atoms with Gasteiger partial charge < -0.3 is 4.90 Å². The zero-order chi connectivity index (χ0) is 19.1. The summed E-state index contributed by atoms with van der Waals surface area (Å²) in [5.41, 5.74) is 2.12. The first-order chi connectivity index (χ1) is 12.8. The van der Waals surface area contributed by atoms with Gasteiger partial charge in [-0.2, -0.15) is 0 Å². The third-order valence-corrected chi connectivity index (χ3v) is 9.82.